The molecule has 0 saturated carbocycles. The van der Waals surface area contributed by atoms with E-state index in [0.717, 1.165) is 29.0 Å². The van der Waals surface area contributed by atoms with Crippen LogP contribution in [0.2, 0.25) is 0 Å². The number of aromatic hydroxyl groups is 1. The van der Waals surface area contributed by atoms with Gasteiger partial charge in [-0.25, -0.2) is 19.7 Å². The normalized spacial score (nSPS) is 12.1. The Morgan fingerprint density at radius 2 is 1.76 bits per heavy atom. The lowest BCUT2D eigenvalue weighted by molar-refractivity contribution is -0.141. The van der Waals surface area contributed by atoms with Crippen molar-refractivity contribution in [2.24, 2.45) is 0 Å². The number of benzene rings is 2. The zero-order valence-electron chi connectivity index (χ0n) is 19.5. The summed E-state index contributed by atoms with van der Waals surface area (Å²) < 4.78 is 38.9. The Hall–Kier alpha value is -4.67. The van der Waals surface area contributed by atoms with Crippen molar-refractivity contribution in [3.8, 4) is 16.9 Å². The zero-order valence-corrected chi connectivity index (χ0v) is 19.5. The second kappa shape index (κ2) is 10.5. The van der Waals surface area contributed by atoms with E-state index in [9.17, 15) is 28.2 Å². The minimum absolute atomic E-state index is 0.0951. The fourth-order valence-electron chi connectivity index (χ4n) is 3.62. The van der Waals surface area contributed by atoms with Crippen molar-refractivity contribution < 1.29 is 28.2 Å². The van der Waals surface area contributed by atoms with Gasteiger partial charge >= 0.3 is 12.1 Å². The zero-order chi connectivity index (χ0) is 26.6. The van der Waals surface area contributed by atoms with Crippen LogP contribution in [0.1, 0.15) is 16.8 Å². The molecule has 0 bridgehead atoms. The summed E-state index contributed by atoms with van der Waals surface area (Å²) in [6.07, 6.45) is -1.79. The molecule has 0 radical (unpaired) electrons. The highest BCUT2D eigenvalue weighted by Gasteiger charge is 2.32. The molecule has 0 unspecified atom stereocenters. The number of aryl methyl sites for hydroxylation is 1. The highest BCUT2D eigenvalue weighted by atomic mass is 19.4. The summed E-state index contributed by atoms with van der Waals surface area (Å²) in [6, 6.07) is 14.9. The topological polar surface area (TPSA) is 120 Å². The molecular formula is C26H22F3N5O3. The molecule has 37 heavy (non-hydrogen) atoms. The smallest absolute Gasteiger partial charge is 0.433 e. The predicted octanol–water partition coefficient (Wildman–Crippen LogP) is 5.42. The molecule has 1 atom stereocenters. The minimum atomic E-state index is -4.58. The van der Waals surface area contributed by atoms with Crippen molar-refractivity contribution in [1.29, 1.82) is 0 Å². The molecule has 11 heteroatoms. The van der Waals surface area contributed by atoms with Crippen molar-refractivity contribution in [3.05, 3.63) is 89.9 Å². The number of anilines is 3. The first-order valence-electron chi connectivity index (χ1n) is 11.1. The molecule has 0 saturated heterocycles. The Morgan fingerprint density at radius 3 is 2.41 bits per heavy atom. The van der Waals surface area contributed by atoms with E-state index in [-0.39, 0.29) is 18.1 Å². The van der Waals surface area contributed by atoms with Crippen molar-refractivity contribution in [3.63, 3.8) is 0 Å². The van der Waals surface area contributed by atoms with Gasteiger partial charge in [0.2, 0.25) is 5.95 Å². The molecule has 4 N–H and O–H groups in total. The molecule has 4 rings (SSSR count). The number of phenols is 1. The van der Waals surface area contributed by atoms with Crippen LogP contribution in [0.5, 0.6) is 5.75 Å². The van der Waals surface area contributed by atoms with Crippen LogP contribution in [-0.4, -0.2) is 37.2 Å². The largest absolute Gasteiger partial charge is 0.508 e. The highest BCUT2D eigenvalue weighted by molar-refractivity contribution is 5.78. The molecule has 0 aliphatic rings. The van der Waals surface area contributed by atoms with Crippen molar-refractivity contribution in [2.75, 3.05) is 10.6 Å². The average Bonchev–Trinajstić information content (AvgIpc) is 2.84. The predicted molar refractivity (Wildman–Crippen MR) is 132 cm³/mol. The number of hydrogen-bond donors (Lipinski definition) is 4. The number of carboxylic acids is 1. The number of aliphatic carboxylic acids is 1. The van der Waals surface area contributed by atoms with Gasteiger partial charge in [0.05, 0.1) is 0 Å². The van der Waals surface area contributed by atoms with Crippen LogP contribution in [-0.2, 0) is 17.4 Å². The first-order valence-corrected chi connectivity index (χ1v) is 11.1. The second-order valence-electron chi connectivity index (χ2n) is 8.31. The second-order valence-corrected chi connectivity index (χ2v) is 8.31. The van der Waals surface area contributed by atoms with Gasteiger partial charge in [-0.1, -0.05) is 18.2 Å². The van der Waals surface area contributed by atoms with Crippen molar-refractivity contribution >= 4 is 23.4 Å². The van der Waals surface area contributed by atoms with Crippen LogP contribution < -0.4 is 10.6 Å². The first-order chi connectivity index (χ1) is 17.6. The number of alkyl halides is 3. The maximum atomic E-state index is 13.0. The third kappa shape index (κ3) is 6.72. The highest BCUT2D eigenvalue weighted by Crippen LogP contribution is 2.29. The molecule has 4 aromatic rings. The summed E-state index contributed by atoms with van der Waals surface area (Å²) >= 11 is 0. The summed E-state index contributed by atoms with van der Waals surface area (Å²) in [5, 5.41) is 24.7. The number of phenolic OH excluding ortho intramolecular Hbond substituents is 1. The summed E-state index contributed by atoms with van der Waals surface area (Å²) in [5.74, 6) is -0.779. The average molecular weight is 509 g/mol. The number of rotatable bonds is 8. The van der Waals surface area contributed by atoms with Gasteiger partial charge in [-0.2, -0.15) is 13.2 Å². The molecule has 2 heterocycles. The van der Waals surface area contributed by atoms with E-state index in [1.54, 1.807) is 42.6 Å². The van der Waals surface area contributed by atoms with Crippen molar-refractivity contribution in [2.45, 2.75) is 25.6 Å². The molecular weight excluding hydrogens is 487 g/mol. The molecule has 0 fully saturated rings. The molecule has 2 aromatic carbocycles. The Morgan fingerprint density at radius 1 is 1.00 bits per heavy atom. The Labute approximate surface area is 209 Å². The number of carboxylic acid groups (broad SMARTS) is 1. The summed E-state index contributed by atoms with van der Waals surface area (Å²) in [4.78, 5) is 23.5. The number of pyridine rings is 1. The van der Waals surface area contributed by atoms with Gasteiger partial charge in [0.25, 0.3) is 0 Å². The van der Waals surface area contributed by atoms with Gasteiger partial charge in [-0.05, 0) is 66.1 Å². The number of nitrogens with one attached hydrogen (secondary N) is 2. The monoisotopic (exact) mass is 509 g/mol. The lowest BCUT2D eigenvalue weighted by Gasteiger charge is -2.16. The molecule has 0 aliphatic heterocycles. The van der Waals surface area contributed by atoms with Gasteiger partial charge in [0, 0.05) is 30.1 Å². The molecule has 0 spiro atoms. The van der Waals surface area contributed by atoms with E-state index in [4.69, 9.17) is 0 Å². The number of hydrogen-bond acceptors (Lipinski definition) is 7. The number of aromatic nitrogens is 3. The Bertz CT molecular complexity index is 1390. The van der Waals surface area contributed by atoms with Gasteiger partial charge < -0.3 is 20.8 Å². The summed E-state index contributed by atoms with van der Waals surface area (Å²) in [5.41, 5.74) is 2.49. The van der Waals surface area contributed by atoms with E-state index in [0.29, 0.717) is 17.1 Å². The van der Waals surface area contributed by atoms with Crippen LogP contribution in [0.25, 0.3) is 11.1 Å². The van der Waals surface area contributed by atoms with Crippen LogP contribution in [0.4, 0.5) is 30.6 Å². The maximum Gasteiger partial charge on any atom is 0.433 e. The maximum absolute atomic E-state index is 13.0. The minimum Gasteiger partial charge on any atom is -0.508 e. The fraction of sp³-hybridized carbons (Fsp3) is 0.154. The van der Waals surface area contributed by atoms with Crippen LogP contribution >= 0.6 is 0 Å². The SMILES string of the molecule is Cc1cc(Nc2nccc(C(F)(F)F)n2)cc(-c2ccc(N[C@@H](Cc3ccc(O)cc3)C(=O)O)nc2)c1. The number of nitrogens with zero attached hydrogens (tertiary/aromatic N) is 3. The van der Waals surface area contributed by atoms with Crippen molar-refractivity contribution in [1.82, 2.24) is 15.0 Å². The fourth-order valence-corrected chi connectivity index (χ4v) is 3.62. The quantitative estimate of drug-likeness (QED) is 0.248. The third-order valence-corrected chi connectivity index (χ3v) is 5.37. The van der Waals surface area contributed by atoms with E-state index in [1.807, 2.05) is 13.0 Å². The standard InChI is InChI=1S/C26H22F3N5O3/c1-15-10-18(13-19(11-15)32-25-30-9-8-22(34-25)26(27,28)29)17-4-7-23(31-14-17)33-21(24(36)37)12-16-2-5-20(35)6-3-16/h2-11,13-14,21,35H,12H2,1H3,(H,31,33)(H,36,37)(H,30,32,34)/t21-/m0/s1. The third-order valence-electron chi connectivity index (χ3n) is 5.37. The van der Waals surface area contributed by atoms with E-state index in [2.05, 4.69) is 25.6 Å². The molecule has 2 aromatic heterocycles. The Balaban J connectivity index is 1.50. The van der Waals surface area contributed by atoms with E-state index < -0.39 is 23.9 Å². The number of carbonyl (C=O) groups is 1. The van der Waals surface area contributed by atoms with E-state index >= 15 is 0 Å². The molecule has 0 aliphatic carbocycles. The van der Waals surface area contributed by atoms with Gasteiger partial charge in [-0.15, -0.1) is 0 Å². The van der Waals surface area contributed by atoms with E-state index in [1.165, 1.54) is 12.1 Å². The number of halogens is 3. The Kier molecular flexibility index (Phi) is 7.23. The molecule has 8 nitrogen and oxygen atoms in total. The van der Waals surface area contributed by atoms with Gasteiger partial charge in [0.1, 0.15) is 23.3 Å². The van der Waals surface area contributed by atoms with Crippen LogP contribution in [0, 0.1) is 6.92 Å². The lowest BCUT2D eigenvalue weighted by Crippen LogP contribution is -2.31. The summed E-state index contributed by atoms with van der Waals surface area (Å²) in [7, 11) is 0. The van der Waals surface area contributed by atoms with Crippen LogP contribution in [0.3, 0.4) is 0 Å². The van der Waals surface area contributed by atoms with Gasteiger partial charge in [-0.3, -0.25) is 0 Å². The molecule has 0 amide bonds. The molecule has 190 valence electrons. The summed E-state index contributed by atoms with van der Waals surface area (Å²) in [6.45, 7) is 1.84. The first kappa shape index (κ1) is 25.4. The lowest BCUT2D eigenvalue weighted by atomic mass is 10.0. The van der Waals surface area contributed by atoms with Gasteiger partial charge in [0.15, 0.2) is 0 Å². The van der Waals surface area contributed by atoms with Crippen LogP contribution in [0.15, 0.2) is 73.1 Å².